The molecule has 3 aromatic rings. The van der Waals surface area contributed by atoms with Gasteiger partial charge in [0.15, 0.2) is 6.29 Å². The van der Waals surface area contributed by atoms with E-state index < -0.39 is 10.0 Å². The number of carbonyl (C=O) groups is 1. The van der Waals surface area contributed by atoms with Crippen LogP contribution in [0, 0.1) is 0 Å². The van der Waals surface area contributed by atoms with Crippen LogP contribution in [0.3, 0.4) is 0 Å². The predicted molar refractivity (Wildman–Crippen MR) is 89.6 cm³/mol. The summed E-state index contributed by atoms with van der Waals surface area (Å²) in [6, 6.07) is 3.04. The summed E-state index contributed by atoms with van der Waals surface area (Å²) in [6.07, 6.45) is 11.2. The van der Waals surface area contributed by atoms with Crippen molar-refractivity contribution in [1.82, 2.24) is 18.9 Å². The first-order chi connectivity index (χ1) is 12.1. The first-order valence-electron chi connectivity index (χ1n) is 7.74. The Balaban J connectivity index is 2.02. The van der Waals surface area contributed by atoms with Crippen LogP contribution in [0.1, 0.15) is 34.7 Å². The van der Waals surface area contributed by atoms with Gasteiger partial charge in [0, 0.05) is 42.1 Å². The number of carbonyl (C=O) groups excluding carboxylic acids is 1. The van der Waals surface area contributed by atoms with Crippen molar-refractivity contribution >= 4 is 16.3 Å². The van der Waals surface area contributed by atoms with Crippen LogP contribution in [0.5, 0.6) is 0 Å². The minimum atomic E-state index is -3.90. The second kappa shape index (κ2) is 5.89. The molecule has 0 spiro atoms. The van der Waals surface area contributed by atoms with E-state index >= 15 is 0 Å². The zero-order valence-corrected chi connectivity index (χ0v) is 13.9. The van der Waals surface area contributed by atoms with Crippen LogP contribution < -0.4 is 0 Å². The van der Waals surface area contributed by atoms with Crippen molar-refractivity contribution in [3.05, 3.63) is 60.6 Å². The number of rotatable bonds is 5. The molecule has 8 heteroatoms. The Labute approximate surface area is 144 Å². The molecule has 3 aromatic heterocycles. The van der Waals surface area contributed by atoms with Crippen LogP contribution in [0.15, 0.2) is 54.3 Å². The van der Waals surface area contributed by atoms with Crippen molar-refractivity contribution in [2.24, 2.45) is 0 Å². The maximum absolute atomic E-state index is 13.1. The standard InChI is InChI=1S/C17H14N4O3S/c22-10-14-9-21(25(23,24)15-2-1-5-18-8-15)17(16(14)12-3-4-12)13-6-19-11-20-7-13/h1-2,5-12H,3-4H2. The molecule has 1 saturated carbocycles. The van der Waals surface area contributed by atoms with Gasteiger partial charge in [0.05, 0.1) is 5.69 Å². The summed E-state index contributed by atoms with van der Waals surface area (Å²) in [5.74, 6) is 0.181. The molecule has 1 fully saturated rings. The number of aromatic nitrogens is 4. The van der Waals surface area contributed by atoms with Gasteiger partial charge in [0.1, 0.15) is 11.2 Å². The molecule has 4 rings (SSSR count). The zero-order chi connectivity index (χ0) is 17.4. The Kier molecular flexibility index (Phi) is 3.69. The maximum atomic E-state index is 13.1. The molecular weight excluding hydrogens is 340 g/mol. The van der Waals surface area contributed by atoms with Gasteiger partial charge in [-0.1, -0.05) is 0 Å². The van der Waals surface area contributed by atoms with E-state index in [1.165, 1.54) is 31.0 Å². The number of nitrogens with zero attached hydrogens (tertiary/aromatic N) is 4. The summed E-state index contributed by atoms with van der Waals surface area (Å²) in [5, 5.41) is 0. The van der Waals surface area contributed by atoms with Crippen LogP contribution in [-0.4, -0.2) is 33.6 Å². The SMILES string of the molecule is O=Cc1cn(S(=O)(=O)c2cccnc2)c(-c2cncnc2)c1C1CC1. The highest BCUT2D eigenvalue weighted by atomic mass is 32.2. The minimum Gasteiger partial charge on any atom is -0.298 e. The Morgan fingerprint density at radius 1 is 1.12 bits per heavy atom. The average molecular weight is 354 g/mol. The third kappa shape index (κ3) is 2.64. The second-order valence-electron chi connectivity index (χ2n) is 5.86. The van der Waals surface area contributed by atoms with Crippen molar-refractivity contribution in [1.29, 1.82) is 0 Å². The fourth-order valence-corrected chi connectivity index (χ4v) is 4.29. The van der Waals surface area contributed by atoms with Gasteiger partial charge in [-0.15, -0.1) is 0 Å². The molecule has 3 heterocycles. The molecule has 7 nitrogen and oxygen atoms in total. The molecule has 0 aromatic carbocycles. The summed E-state index contributed by atoms with van der Waals surface area (Å²) in [4.78, 5) is 23.5. The highest BCUT2D eigenvalue weighted by Gasteiger charge is 2.34. The van der Waals surface area contributed by atoms with Gasteiger partial charge in [0.25, 0.3) is 10.0 Å². The van der Waals surface area contributed by atoms with E-state index in [0.717, 1.165) is 22.4 Å². The Morgan fingerprint density at radius 3 is 2.48 bits per heavy atom. The molecular formula is C17H14N4O3S. The van der Waals surface area contributed by atoms with E-state index in [-0.39, 0.29) is 10.8 Å². The van der Waals surface area contributed by atoms with E-state index in [2.05, 4.69) is 15.0 Å². The van der Waals surface area contributed by atoms with Crippen molar-refractivity contribution in [3.63, 3.8) is 0 Å². The van der Waals surface area contributed by atoms with E-state index in [0.29, 0.717) is 23.1 Å². The van der Waals surface area contributed by atoms with E-state index in [1.807, 2.05) is 0 Å². The summed E-state index contributed by atoms with van der Waals surface area (Å²) in [6.45, 7) is 0. The molecule has 0 N–H and O–H groups in total. The maximum Gasteiger partial charge on any atom is 0.269 e. The van der Waals surface area contributed by atoms with Gasteiger partial charge in [-0.3, -0.25) is 9.78 Å². The summed E-state index contributed by atoms with van der Waals surface area (Å²) < 4.78 is 27.4. The lowest BCUT2D eigenvalue weighted by molar-refractivity contribution is 0.112. The molecule has 126 valence electrons. The van der Waals surface area contributed by atoms with Gasteiger partial charge in [-0.25, -0.2) is 22.4 Å². The average Bonchev–Trinajstić information content (AvgIpc) is 3.42. The summed E-state index contributed by atoms with van der Waals surface area (Å²) >= 11 is 0. The first-order valence-corrected chi connectivity index (χ1v) is 9.18. The molecule has 0 unspecified atom stereocenters. The van der Waals surface area contributed by atoms with Crippen molar-refractivity contribution in [2.45, 2.75) is 23.7 Å². The van der Waals surface area contributed by atoms with Gasteiger partial charge in [-0.05, 0) is 36.5 Å². The monoisotopic (exact) mass is 354 g/mol. The van der Waals surface area contributed by atoms with E-state index in [9.17, 15) is 13.2 Å². The van der Waals surface area contributed by atoms with Crippen LogP contribution in [0.25, 0.3) is 11.3 Å². The van der Waals surface area contributed by atoms with Crippen molar-refractivity contribution < 1.29 is 13.2 Å². The Morgan fingerprint density at radius 2 is 1.88 bits per heavy atom. The second-order valence-corrected chi connectivity index (χ2v) is 7.67. The molecule has 25 heavy (non-hydrogen) atoms. The number of pyridine rings is 1. The van der Waals surface area contributed by atoms with Crippen LogP contribution >= 0.6 is 0 Å². The highest BCUT2D eigenvalue weighted by molar-refractivity contribution is 7.90. The van der Waals surface area contributed by atoms with Crippen LogP contribution in [-0.2, 0) is 10.0 Å². The Bertz CT molecular complexity index is 1030. The number of hydrogen-bond acceptors (Lipinski definition) is 6. The summed E-state index contributed by atoms with van der Waals surface area (Å²) in [5.41, 5.74) is 2.14. The zero-order valence-electron chi connectivity index (χ0n) is 13.1. The van der Waals surface area contributed by atoms with Crippen LogP contribution in [0.4, 0.5) is 0 Å². The van der Waals surface area contributed by atoms with E-state index in [4.69, 9.17) is 0 Å². The smallest absolute Gasteiger partial charge is 0.269 e. The first kappa shape index (κ1) is 15.6. The lowest BCUT2D eigenvalue weighted by Crippen LogP contribution is -2.14. The molecule has 0 bridgehead atoms. The third-order valence-electron chi connectivity index (χ3n) is 4.18. The van der Waals surface area contributed by atoms with Crippen LogP contribution in [0.2, 0.25) is 0 Å². The van der Waals surface area contributed by atoms with Gasteiger partial charge < -0.3 is 0 Å². The molecule has 1 aliphatic rings. The fraction of sp³-hybridized carbons (Fsp3) is 0.176. The molecule has 0 atom stereocenters. The molecule has 0 radical (unpaired) electrons. The van der Waals surface area contributed by atoms with Gasteiger partial charge >= 0.3 is 0 Å². The number of aldehydes is 1. The molecule has 0 aliphatic heterocycles. The van der Waals surface area contributed by atoms with Gasteiger partial charge in [-0.2, -0.15) is 0 Å². The normalized spacial score (nSPS) is 14.4. The lowest BCUT2D eigenvalue weighted by Gasteiger charge is -2.12. The number of hydrogen-bond donors (Lipinski definition) is 0. The Hall–Kier alpha value is -2.87. The van der Waals surface area contributed by atoms with Crippen molar-refractivity contribution in [2.75, 3.05) is 0 Å². The largest absolute Gasteiger partial charge is 0.298 e. The fourth-order valence-electron chi connectivity index (χ4n) is 2.92. The lowest BCUT2D eigenvalue weighted by atomic mass is 10.0. The van der Waals surface area contributed by atoms with Crippen molar-refractivity contribution in [3.8, 4) is 11.3 Å². The molecule has 1 aliphatic carbocycles. The third-order valence-corrected chi connectivity index (χ3v) is 5.82. The van der Waals surface area contributed by atoms with E-state index in [1.54, 1.807) is 18.5 Å². The topological polar surface area (TPSA) is 94.8 Å². The summed E-state index contributed by atoms with van der Waals surface area (Å²) in [7, 11) is -3.90. The quantitative estimate of drug-likeness (QED) is 0.652. The minimum absolute atomic E-state index is 0.0582. The van der Waals surface area contributed by atoms with Gasteiger partial charge in [0.2, 0.25) is 0 Å². The predicted octanol–water partition coefficient (Wildman–Crippen LogP) is 2.27. The molecule has 0 amide bonds. The highest BCUT2D eigenvalue weighted by Crippen LogP contribution is 2.47. The molecule has 0 saturated heterocycles.